The van der Waals surface area contributed by atoms with Crippen LogP contribution in [0.25, 0.3) is 11.1 Å². The van der Waals surface area contributed by atoms with Crippen LogP contribution in [-0.4, -0.2) is 28.7 Å². The molecule has 1 amide bonds. The Balaban J connectivity index is 2.11. The number of nitrogens with zero attached hydrogens (tertiary/aromatic N) is 1. The molecule has 2 unspecified atom stereocenters. The van der Waals surface area contributed by atoms with Crippen molar-refractivity contribution in [3.05, 3.63) is 30.2 Å². The van der Waals surface area contributed by atoms with Gasteiger partial charge in [0.05, 0.1) is 0 Å². The Morgan fingerprint density at radius 1 is 1.11 bits per heavy atom. The lowest BCUT2D eigenvalue weighted by atomic mass is 9.87. The fourth-order valence-corrected chi connectivity index (χ4v) is 2.41. The van der Waals surface area contributed by atoms with Crippen LogP contribution in [0.15, 0.2) is 28.7 Å². The van der Waals surface area contributed by atoms with Crippen LogP contribution < -0.4 is 5.32 Å². The number of oxazole rings is 1. The molecule has 7 nitrogen and oxygen atoms in total. The first-order valence-corrected chi connectivity index (χ1v) is 8.92. The number of benzene rings is 1. The van der Waals surface area contributed by atoms with Crippen molar-refractivity contribution in [2.45, 2.75) is 66.2 Å². The molecule has 1 aromatic heterocycles. The van der Waals surface area contributed by atoms with Gasteiger partial charge >= 0.3 is 12.1 Å². The summed E-state index contributed by atoms with van der Waals surface area (Å²) in [7, 11) is 0. The Kier molecular flexibility index (Phi) is 5.82. The van der Waals surface area contributed by atoms with Gasteiger partial charge in [-0.05, 0) is 45.2 Å². The third-order valence-electron chi connectivity index (χ3n) is 3.71. The topological polar surface area (TPSA) is 90.7 Å². The second kappa shape index (κ2) is 7.58. The number of ether oxygens (including phenoxy) is 2. The normalized spacial score (nSPS) is 14.5. The van der Waals surface area contributed by atoms with Gasteiger partial charge in [0.2, 0.25) is 5.89 Å². The summed E-state index contributed by atoms with van der Waals surface area (Å²) < 4.78 is 16.4. The molecule has 0 saturated carbocycles. The first kappa shape index (κ1) is 20.7. The molecule has 148 valence electrons. The molecule has 2 rings (SSSR count). The van der Waals surface area contributed by atoms with Crippen molar-refractivity contribution in [3.8, 4) is 0 Å². The molecule has 0 aliphatic carbocycles. The van der Waals surface area contributed by atoms with Crippen LogP contribution in [0.2, 0.25) is 0 Å². The molecule has 0 saturated heterocycles. The molecule has 0 radical (unpaired) electrons. The van der Waals surface area contributed by atoms with Gasteiger partial charge in [-0.15, -0.1) is 0 Å². The summed E-state index contributed by atoms with van der Waals surface area (Å²) in [5.74, 6) is -0.280. The molecule has 0 aliphatic heterocycles. The van der Waals surface area contributed by atoms with E-state index in [-0.39, 0.29) is 0 Å². The van der Waals surface area contributed by atoms with Crippen molar-refractivity contribution in [1.29, 1.82) is 0 Å². The maximum Gasteiger partial charge on any atom is 0.408 e. The zero-order chi connectivity index (χ0) is 20.4. The number of nitrogens with one attached hydrogen (secondary N) is 1. The molecule has 0 fully saturated rings. The average Bonchev–Trinajstić information content (AvgIpc) is 2.93. The van der Waals surface area contributed by atoms with E-state index in [0.717, 1.165) is 0 Å². The Bertz CT molecular complexity index is 781. The first-order chi connectivity index (χ1) is 12.4. The first-order valence-electron chi connectivity index (χ1n) is 8.92. The maximum absolute atomic E-state index is 12.7. The summed E-state index contributed by atoms with van der Waals surface area (Å²) >= 11 is 0. The van der Waals surface area contributed by atoms with Crippen LogP contribution in [0.1, 0.15) is 60.5 Å². The van der Waals surface area contributed by atoms with Gasteiger partial charge < -0.3 is 19.2 Å². The second-order valence-corrected chi connectivity index (χ2v) is 8.54. The van der Waals surface area contributed by atoms with Gasteiger partial charge in [-0.25, -0.2) is 14.6 Å². The van der Waals surface area contributed by atoms with Crippen LogP contribution in [0, 0.1) is 5.41 Å². The van der Waals surface area contributed by atoms with Crippen LogP contribution in [0.3, 0.4) is 0 Å². The highest BCUT2D eigenvalue weighted by atomic mass is 16.6. The van der Waals surface area contributed by atoms with Gasteiger partial charge in [-0.3, -0.25) is 0 Å². The zero-order valence-electron chi connectivity index (χ0n) is 17.0. The molecular formula is C20H28N2O5. The molecule has 7 heteroatoms. The minimum Gasteiger partial charge on any atom is -0.451 e. The van der Waals surface area contributed by atoms with E-state index in [1.54, 1.807) is 33.8 Å². The third-order valence-corrected chi connectivity index (χ3v) is 3.71. The van der Waals surface area contributed by atoms with Crippen molar-refractivity contribution in [2.24, 2.45) is 5.41 Å². The Morgan fingerprint density at radius 3 is 2.30 bits per heavy atom. The van der Waals surface area contributed by atoms with E-state index in [0.29, 0.717) is 17.0 Å². The van der Waals surface area contributed by atoms with E-state index in [9.17, 15) is 9.59 Å². The van der Waals surface area contributed by atoms with Gasteiger partial charge in [0.15, 0.2) is 11.7 Å². The molecule has 1 aromatic carbocycles. The number of esters is 1. The lowest BCUT2D eigenvalue weighted by Gasteiger charge is -2.31. The van der Waals surface area contributed by atoms with Crippen LogP contribution in [0.5, 0.6) is 0 Å². The standard InChI is InChI=1S/C20H28N2O5/c1-12(16-21-13-10-8-9-11-14(13)26-16)25-17(23)15(19(2,3)4)22-18(24)27-20(5,6)7/h8-12,15H,1-7H3,(H,22,24). The Hall–Kier alpha value is -2.57. The van der Waals surface area contributed by atoms with E-state index in [2.05, 4.69) is 10.3 Å². The lowest BCUT2D eigenvalue weighted by molar-refractivity contribution is -0.155. The van der Waals surface area contributed by atoms with Crippen LogP contribution in [-0.2, 0) is 14.3 Å². The quantitative estimate of drug-likeness (QED) is 0.797. The number of hydrogen-bond acceptors (Lipinski definition) is 6. The smallest absolute Gasteiger partial charge is 0.408 e. The molecule has 0 aliphatic rings. The summed E-state index contributed by atoms with van der Waals surface area (Å²) in [6, 6.07) is 6.42. The molecule has 2 atom stereocenters. The Labute approximate surface area is 159 Å². The number of carbonyl (C=O) groups is 2. The summed E-state index contributed by atoms with van der Waals surface area (Å²) in [5.41, 5.74) is 0.0704. The molecule has 1 heterocycles. The van der Waals surface area contributed by atoms with E-state index in [4.69, 9.17) is 13.9 Å². The SMILES string of the molecule is CC(OC(=O)C(NC(=O)OC(C)(C)C)C(C)(C)C)c1nc2ccccc2o1. The van der Waals surface area contributed by atoms with Crippen molar-refractivity contribution in [1.82, 2.24) is 10.3 Å². The summed E-state index contributed by atoms with van der Waals surface area (Å²) in [6.45, 7) is 12.4. The number of fused-ring (bicyclic) bond motifs is 1. The Morgan fingerprint density at radius 2 is 1.74 bits per heavy atom. The predicted molar refractivity (Wildman–Crippen MR) is 101 cm³/mol. The van der Waals surface area contributed by atoms with E-state index in [1.807, 2.05) is 39.0 Å². The minimum absolute atomic E-state index is 0.300. The highest BCUT2D eigenvalue weighted by Gasteiger charge is 2.36. The number of hydrogen-bond donors (Lipinski definition) is 1. The maximum atomic E-state index is 12.7. The number of para-hydroxylation sites is 2. The number of amides is 1. The second-order valence-electron chi connectivity index (χ2n) is 8.54. The molecule has 1 N–H and O–H groups in total. The van der Waals surface area contributed by atoms with Crippen LogP contribution >= 0.6 is 0 Å². The van der Waals surface area contributed by atoms with Gasteiger partial charge in [-0.1, -0.05) is 32.9 Å². The molecular weight excluding hydrogens is 348 g/mol. The number of alkyl carbamates (subject to hydrolysis) is 1. The number of carbonyl (C=O) groups excluding carboxylic acids is 2. The summed E-state index contributed by atoms with van der Waals surface area (Å²) in [4.78, 5) is 29.2. The van der Waals surface area contributed by atoms with Crippen LogP contribution in [0.4, 0.5) is 4.79 Å². The average molecular weight is 376 g/mol. The van der Waals surface area contributed by atoms with Crippen molar-refractivity contribution < 1.29 is 23.5 Å². The largest absolute Gasteiger partial charge is 0.451 e. The fraction of sp³-hybridized carbons (Fsp3) is 0.550. The van der Waals surface area contributed by atoms with Gasteiger partial charge in [0.25, 0.3) is 0 Å². The number of rotatable bonds is 4. The molecule has 27 heavy (non-hydrogen) atoms. The predicted octanol–water partition coefficient (Wildman–Crippen LogP) is 4.37. The van der Waals surface area contributed by atoms with Crippen molar-refractivity contribution >= 4 is 23.2 Å². The highest BCUT2D eigenvalue weighted by Crippen LogP contribution is 2.26. The monoisotopic (exact) mass is 376 g/mol. The van der Waals surface area contributed by atoms with Gasteiger partial charge in [0, 0.05) is 0 Å². The number of aromatic nitrogens is 1. The minimum atomic E-state index is -0.890. The van der Waals surface area contributed by atoms with E-state index >= 15 is 0 Å². The van der Waals surface area contributed by atoms with Gasteiger partial charge in [-0.2, -0.15) is 0 Å². The third kappa shape index (κ3) is 5.70. The zero-order valence-corrected chi connectivity index (χ0v) is 17.0. The fourth-order valence-electron chi connectivity index (χ4n) is 2.41. The van der Waals surface area contributed by atoms with E-state index < -0.39 is 35.2 Å². The van der Waals surface area contributed by atoms with E-state index in [1.165, 1.54) is 0 Å². The lowest BCUT2D eigenvalue weighted by Crippen LogP contribution is -2.51. The molecule has 2 aromatic rings. The highest BCUT2D eigenvalue weighted by molar-refractivity contribution is 5.82. The van der Waals surface area contributed by atoms with Crippen molar-refractivity contribution in [3.63, 3.8) is 0 Å². The van der Waals surface area contributed by atoms with Crippen molar-refractivity contribution in [2.75, 3.05) is 0 Å². The summed E-state index contributed by atoms with van der Waals surface area (Å²) in [6.07, 6.45) is -1.37. The van der Waals surface area contributed by atoms with Gasteiger partial charge in [0.1, 0.15) is 17.2 Å². The molecule has 0 bridgehead atoms. The summed E-state index contributed by atoms with van der Waals surface area (Å²) in [5, 5.41) is 2.61. The molecule has 0 spiro atoms.